The molecule has 4 rings (SSSR count). The van der Waals surface area contributed by atoms with E-state index in [9.17, 15) is 19.2 Å². The highest BCUT2D eigenvalue weighted by Gasteiger charge is 2.36. The largest absolute Gasteiger partial charge is 0.481 e. The van der Waals surface area contributed by atoms with Gasteiger partial charge in [-0.1, -0.05) is 70.4 Å². The number of aryl methyl sites for hydroxylation is 1. The zero-order valence-corrected chi connectivity index (χ0v) is 23.5. The van der Waals surface area contributed by atoms with E-state index in [-0.39, 0.29) is 31.2 Å². The van der Waals surface area contributed by atoms with Gasteiger partial charge < -0.3 is 10.4 Å². The number of anilines is 2. The molecule has 0 unspecified atom stereocenters. The number of rotatable bonds is 9. The number of nitrogens with one attached hydrogen (secondary N) is 1. The second-order valence-corrected chi connectivity index (χ2v) is 11.6. The molecule has 0 saturated heterocycles. The number of Topliss-reactive ketones (excluding diaryl/α,β-unsaturated/α-hetero) is 1. The van der Waals surface area contributed by atoms with Crippen LogP contribution in [-0.4, -0.2) is 52.6 Å². The van der Waals surface area contributed by atoms with Gasteiger partial charge in [-0.05, 0) is 43.0 Å². The average molecular weight is 547 g/mol. The van der Waals surface area contributed by atoms with Crippen molar-refractivity contribution in [2.45, 2.75) is 65.7 Å². The van der Waals surface area contributed by atoms with Crippen molar-refractivity contribution < 1.29 is 24.3 Å². The van der Waals surface area contributed by atoms with Gasteiger partial charge in [0.1, 0.15) is 6.54 Å². The van der Waals surface area contributed by atoms with Crippen LogP contribution in [0.15, 0.2) is 53.6 Å². The Hall–Kier alpha value is -4.01. The van der Waals surface area contributed by atoms with Crippen LogP contribution in [0.2, 0.25) is 0 Å². The number of benzene rings is 2. The Kier molecular flexibility index (Phi) is 9.02. The van der Waals surface area contributed by atoms with Crippen LogP contribution in [0.25, 0.3) is 0 Å². The van der Waals surface area contributed by atoms with Crippen molar-refractivity contribution in [2.75, 3.05) is 23.3 Å². The molecule has 0 spiro atoms. The lowest BCUT2D eigenvalue weighted by molar-refractivity contribution is -0.137. The van der Waals surface area contributed by atoms with Crippen LogP contribution in [0, 0.1) is 11.3 Å². The number of fused-ring (bicyclic) bond motifs is 1. The van der Waals surface area contributed by atoms with E-state index >= 15 is 0 Å². The number of ketones is 1. The molecule has 0 atom stereocenters. The van der Waals surface area contributed by atoms with E-state index in [0.717, 1.165) is 48.9 Å². The van der Waals surface area contributed by atoms with Gasteiger partial charge in [0.2, 0.25) is 5.91 Å². The highest BCUT2D eigenvalue weighted by Crippen LogP contribution is 2.34. The Morgan fingerprint density at radius 1 is 1.00 bits per heavy atom. The summed E-state index contributed by atoms with van der Waals surface area (Å²) in [4.78, 5) is 52.7. The van der Waals surface area contributed by atoms with Gasteiger partial charge in [0, 0.05) is 29.0 Å². The van der Waals surface area contributed by atoms with Crippen LogP contribution < -0.4 is 10.2 Å². The van der Waals surface area contributed by atoms with E-state index in [1.807, 2.05) is 45.0 Å². The maximum Gasteiger partial charge on any atom is 0.345 e. The number of carbonyl (C=O) groups is 4. The monoisotopic (exact) mass is 546 g/mol. The molecule has 1 saturated carbocycles. The molecule has 1 aliphatic heterocycles. The van der Waals surface area contributed by atoms with E-state index in [0.29, 0.717) is 17.8 Å². The normalized spacial score (nSPS) is 16.2. The lowest BCUT2D eigenvalue weighted by Crippen LogP contribution is -2.47. The fourth-order valence-corrected chi connectivity index (χ4v) is 5.10. The van der Waals surface area contributed by atoms with Crippen LogP contribution in [-0.2, 0) is 20.8 Å². The van der Waals surface area contributed by atoms with E-state index in [2.05, 4.69) is 5.32 Å². The number of hydrogen-bond acceptors (Lipinski definition) is 5. The number of urea groups is 1. The molecule has 2 N–H and O–H groups in total. The Labute approximate surface area is 235 Å². The van der Waals surface area contributed by atoms with E-state index < -0.39 is 23.3 Å². The Morgan fingerprint density at radius 2 is 1.73 bits per heavy atom. The van der Waals surface area contributed by atoms with Crippen molar-refractivity contribution in [2.24, 2.45) is 16.4 Å². The molecule has 2 aliphatic rings. The number of para-hydroxylation sites is 1. The van der Waals surface area contributed by atoms with Gasteiger partial charge in [0.25, 0.3) is 0 Å². The molecule has 9 nitrogen and oxygen atoms in total. The van der Waals surface area contributed by atoms with Crippen molar-refractivity contribution in [1.29, 1.82) is 0 Å². The number of amides is 3. The summed E-state index contributed by atoms with van der Waals surface area (Å²) in [7, 11) is 0. The third-order valence-corrected chi connectivity index (χ3v) is 7.41. The highest BCUT2D eigenvalue weighted by atomic mass is 16.4. The lowest BCUT2D eigenvalue weighted by atomic mass is 9.83. The molecule has 3 amide bonds. The molecule has 1 aliphatic carbocycles. The highest BCUT2D eigenvalue weighted by molar-refractivity contribution is 6.13. The number of carbonyl (C=O) groups excluding carboxylic acids is 3. The SMILES string of the molecule is CC(C)(C)C(=O)CN1C(=O)N(CC(=O)Nc2cccc(CCC(=O)O)c2)N=C(C2CCCCC2)c2ccccc21. The first kappa shape index (κ1) is 29.0. The summed E-state index contributed by atoms with van der Waals surface area (Å²) in [5.74, 6) is -1.28. The maximum absolute atomic E-state index is 13.9. The minimum atomic E-state index is -0.892. The molecule has 1 fully saturated rings. The minimum absolute atomic E-state index is 0.0119. The van der Waals surface area contributed by atoms with Crippen LogP contribution >= 0.6 is 0 Å². The third-order valence-electron chi connectivity index (χ3n) is 7.41. The summed E-state index contributed by atoms with van der Waals surface area (Å²) < 4.78 is 0. The van der Waals surface area contributed by atoms with E-state index in [4.69, 9.17) is 10.2 Å². The molecule has 212 valence electrons. The molecule has 0 bridgehead atoms. The second kappa shape index (κ2) is 12.4. The van der Waals surface area contributed by atoms with E-state index in [1.54, 1.807) is 24.3 Å². The first-order chi connectivity index (χ1) is 19.0. The standard InChI is InChI=1S/C31H38N4O5/c1-31(2,3)26(36)19-34-25-15-8-7-14-24(25)29(22-11-5-4-6-12-22)33-35(30(34)40)20-27(37)32-23-13-9-10-21(18-23)16-17-28(38)39/h7-10,13-15,18,22H,4-6,11-12,16-17,19-20H2,1-3H3,(H,32,37)(H,38,39). The summed E-state index contributed by atoms with van der Waals surface area (Å²) in [6.07, 6.45) is 5.54. The predicted octanol–water partition coefficient (Wildman–Crippen LogP) is 5.48. The number of carboxylic acids is 1. The fourth-order valence-electron chi connectivity index (χ4n) is 5.10. The third kappa shape index (κ3) is 7.14. The van der Waals surface area contributed by atoms with Gasteiger partial charge in [-0.2, -0.15) is 5.10 Å². The number of carboxylic acid groups (broad SMARTS) is 1. The molecule has 40 heavy (non-hydrogen) atoms. The van der Waals surface area contributed by atoms with Crippen molar-refractivity contribution >= 4 is 40.8 Å². The number of aliphatic carboxylic acids is 1. The first-order valence-electron chi connectivity index (χ1n) is 13.9. The summed E-state index contributed by atoms with van der Waals surface area (Å²) in [6, 6.07) is 14.0. The van der Waals surface area contributed by atoms with Crippen LogP contribution in [0.4, 0.5) is 16.2 Å². The molecule has 2 aromatic carbocycles. The first-order valence-corrected chi connectivity index (χ1v) is 13.9. The molecule has 0 aromatic heterocycles. The summed E-state index contributed by atoms with van der Waals surface area (Å²) >= 11 is 0. The minimum Gasteiger partial charge on any atom is -0.481 e. The van der Waals surface area contributed by atoms with Gasteiger partial charge in [0.05, 0.1) is 17.9 Å². The van der Waals surface area contributed by atoms with Crippen LogP contribution in [0.1, 0.15) is 70.4 Å². The average Bonchev–Trinajstić information content (AvgIpc) is 3.03. The smallest absolute Gasteiger partial charge is 0.345 e. The van der Waals surface area contributed by atoms with Crippen LogP contribution in [0.3, 0.4) is 0 Å². The molecular weight excluding hydrogens is 508 g/mol. The van der Waals surface area contributed by atoms with Crippen molar-refractivity contribution in [3.63, 3.8) is 0 Å². The molecule has 0 radical (unpaired) electrons. The summed E-state index contributed by atoms with van der Waals surface area (Å²) in [5, 5.41) is 17.8. The van der Waals surface area contributed by atoms with Gasteiger partial charge >= 0.3 is 12.0 Å². The van der Waals surface area contributed by atoms with E-state index in [1.165, 1.54) is 9.91 Å². The van der Waals surface area contributed by atoms with Crippen molar-refractivity contribution in [1.82, 2.24) is 5.01 Å². The predicted molar refractivity (Wildman–Crippen MR) is 154 cm³/mol. The molecule has 1 heterocycles. The van der Waals surface area contributed by atoms with Crippen molar-refractivity contribution in [3.05, 3.63) is 59.7 Å². The Balaban J connectivity index is 1.64. The van der Waals surface area contributed by atoms with Gasteiger partial charge in [-0.15, -0.1) is 0 Å². The molecule has 2 aromatic rings. The van der Waals surface area contributed by atoms with Gasteiger partial charge in [-0.25, -0.2) is 9.80 Å². The zero-order chi connectivity index (χ0) is 28.9. The Morgan fingerprint density at radius 3 is 2.42 bits per heavy atom. The summed E-state index contributed by atoms with van der Waals surface area (Å²) in [6.45, 7) is 5.01. The van der Waals surface area contributed by atoms with Gasteiger partial charge in [0.15, 0.2) is 5.78 Å². The topological polar surface area (TPSA) is 119 Å². The molecule has 9 heteroatoms. The number of hydrazone groups is 1. The lowest BCUT2D eigenvalue weighted by Gasteiger charge is -2.28. The summed E-state index contributed by atoms with van der Waals surface area (Å²) in [5.41, 5.74) is 2.86. The maximum atomic E-state index is 13.9. The molecular formula is C31H38N4O5. The quantitative estimate of drug-likeness (QED) is 0.431. The zero-order valence-electron chi connectivity index (χ0n) is 23.5. The van der Waals surface area contributed by atoms with Crippen LogP contribution in [0.5, 0.6) is 0 Å². The second-order valence-electron chi connectivity index (χ2n) is 11.6. The fraction of sp³-hybridized carbons (Fsp3) is 0.452. The van der Waals surface area contributed by atoms with Gasteiger partial charge in [-0.3, -0.25) is 19.3 Å². The number of nitrogens with zero attached hydrogens (tertiary/aromatic N) is 3. The number of hydrogen-bond donors (Lipinski definition) is 2. The van der Waals surface area contributed by atoms with Crippen molar-refractivity contribution in [3.8, 4) is 0 Å². The Bertz CT molecular complexity index is 1310.